The molecule has 1 N–H and O–H groups in total. The molecule has 7 heteroatoms. The van der Waals surface area contributed by atoms with Crippen LogP contribution in [0.4, 0.5) is 0 Å². The first kappa shape index (κ1) is 21.4. The summed E-state index contributed by atoms with van der Waals surface area (Å²) in [5.74, 6) is -0.0629. The Morgan fingerprint density at radius 1 is 0.970 bits per heavy atom. The molecule has 0 atom stereocenters. The van der Waals surface area contributed by atoms with Crippen molar-refractivity contribution in [2.24, 2.45) is 7.05 Å². The first-order valence-electron chi connectivity index (χ1n) is 11.6. The SMILES string of the molecule is Cn1cc(CC(=O)NCc2nn(CCN3CCCC3)c(=O)c3ccccc23)c2ccccc21. The molecule has 0 aliphatic carbocycles. The second-order valence-corrected chi connectivity index (χ2v) is 8.81. The van der Waals surface area contributed by atoms with Gasteiger partial charge in [0, 0.05) is 36.1 Å². The molecule has 1 fully saturated rings. The van der Waals surface area contributed by atoms with Gasteiger partial charge < -0.3 is 14.8 Å². The largest absolute Gasteiger partial charge is 0.350 e. The summed E-state index contributed by atoms with van der Waals surface area (Å²) >= 11 is 0. The number of para-hydroxylation sites is 1. The molecule has 7 nitrogen and oxygen atoms in total. The first-order chi connectivity index (χ1) is 16.1. The second kappa shape index (κ2) is 9.19. The maximum Gasteiger partial charge on any atom is 0.274 e. The summed E-state index contributed by atoms with van der Waals surface area (Å²) in [5.41, 5.74) is 2.76. The molecular weight excluding hydrogens is 414 g/mol. The van der Waals surface area contributed by atoms with Gasteiger partial charge in [0.1, 0.15) is 0 Å². The van der Waals surface area contributed by atoms with Crippen molar-refractivity contribution < 1.29 is 4.79 Å². The van der Waals surface area contributed by atoms with E-state index >= 15 is 0 Å². The minimum Gasteiger partial charge on any atom is -0.350 e. The van der Waals surface area contributed by atoms with Gasteiger partial charge in [-0.15, -0.1) is 0 Å². The van der Waals surface area contributed by atoms with Gasteiger partial charge in [-0.2, -0.15) is 5.10 Å². The van der Waals surface area contributed by atoms with E-state index in [1.807, 2.05) is 60.3 Å². The molecule has 1 amide bonds. The van der Waals surface area contributed by atoms with Crippen LogP contribution >= 0.6 is 0 Å². The highest BCUT2D eigenvalue weighted by Gasteiger charge is 2.15. The zero-order chi connectivity index (χ0) is 22.8. The number of amides is 1. The van der Waals surface area contributed by atoms with Gasteiger partial charge in [0.15, 0.2) is 0 Å². The number of aromatic nitrogens is 3. The second-order valence-electron chi connectivity index (χ2n) is 8.81. The normalized spacial score (nSPS) is 14.3. The van der Waals surface area contributed by atoms with Crippen LogP contribution in [0.2, 0.25) is 0 Å². The van der Waals surface area contributed by atoms with E-state index in [1.54, 1.807) is 4.68 Å². The number of hydrogen-bond acceptors (Lipinski definition) is 4. The molecule has 1 aliphatic rings. The molecule has 5 rings (SSSR count). The van der Waals surface area contributed by atoms with Gasteiger partial charge in [-0.1, -0.05) is 36.4 Å². The van der Waals surface area contributed by atoms with Gasteiger partial charge in [-0.3, -0.25) is 9.59 Å². The number of nitrogens with one attached hydrogen (secondary N) is 1. The molecule has 0 spiro atoms. The number of fused-ring (bicyclic) bond motifs is 2. The van der Waals surface area contributed by atoms with Crippen LogP contribution in [0, 0.1) is 0 Å². The maximum atomic E-state index is 13.0. The number of nitrogens with zero attached hydrogens (tertiary/aromatic N) is 4. The van der Waals surface area contributed by atoms with Gasteiger partial charge in [0.25, 0.3) is 5.56 Å². The number of benzene rings is 2. The van der Waals surface area contributed by atoms with Crippen molar-refractivity contribution in [3.8, 4) is 0 Å². The van der Waals surface area contributed by atoms with Gasteiger partial charge in [0.05, 0.1) is 30.6 Å². The minimum absolute atomic E-state index is 0.0629. The molecule has 0 saturated carbocycles. The highest BCUT2D eigenvalue weighted by atomic mass is 16.1. The first-order valence-corrected chi connectivity index (χ1v) is 11.6. The zero-order valence-electron chi connectivity index (χ0n) is 19.0. The van der Waals surface area contributed by atoms with Crippen molar-refractivity contribution in [3.05, 3.63) is 76.3 Å². The fraction of sp³-hybridized carbons (Fsp3) is 0.346. The van der Waals surface area contributed by atoms with E-state index in [9.17, 15) is 9.59 Å². The average Bonchev–Trinajstić information content (AvgIpc) is 3.46. The van der Waals surface area contributed by atoms with Crippen LogP contribution in [0.25, 0.3) is 21.7 Å². The van der Waals surface area contributed by atoms with E-state index in [4.69, 9.17) is 0 Å². The summed E-state index contributed by atoms with van der Waals surface area (Å²) in [6.07, 6.45) is 4.74. The molecule has 3 heterocycles. The number of likely N-dealkylation sites (tertiary alicyclic amines) is 1. The van der Waals surface area contributed by atoms with E-state index in [1.165, 1.54) is 12.8 Å². The van der Waals surface area contributed by atoms with Crippen LogP contribution in [0.15, 0.2) is 59.5 Å². The van der Waals surface area contributed by atoms with Crippen LogP contribution in [0.5, 0.6) is 0 Å². The van der Waals surface area contributed by atoms with Gasteiger partial charge in [-0.05, 0) is 43.6 Å². The number of aryl methyl sites for hydroxylation is 1. The van der Waals surface area contributed by atoms with E-state index < -0.39 is 0 Å². The Hall–Kier alpha value is -3.45. The standard InChI is InChI=1S/C26H29N5O2/c1-29-18-19(20-8-4-5-11-24(20)29)16-25(32)27-17-23-21-9-2-3-10-22(21)26(33)31(28-23)15-14-30-12-6-7-13-30/h2-5,8-11,18H,6-7,12-17H2,1H3,(H,27,32). The van der Waals surface area contributed by atoms with Crippen LogP contribution in [-0.4, -0.2) is 44.8 Å². The third-order valence-electron chi connectivity index (χ3n) is 6.55. The average molecular weight is 444 g/mol. The molecule has 2 aromatic heterocycles. The number of carbonyl (C=O) groups is 1. The molecule has 2 aromatic carbocycles. The molecule has 0 bridgehead atoms. The predicted octanol–water partition coefficient (Wildman–Crippen LogP) is 2.84. The summed E-state index contributed by atoms with van der Waals surface area (Å²) in [6.45, 7) is 3.83. The predicted molar refractivity (Wildman–Crippen MR) is 130 cm³/mol. The number of rotatable bonds is 7. The zero-order valence-corrected chi connectivity index (χ0v) is 19.0. The Bertz CT molecular complexity index is 1360. The van der Waals surface area contributed by atoms with Crippen LogP contribution in [0.3, 0.4) is 0 Å². The Balaban J connectivity index is 1.34. The molecular formula is C26H29N5O2. The third kappa shape index (κ3) is 4.41. The van der Waals surface area contributed by atoms with E-state index in [0.717, 1.165) is 47.2 Å². The van der Waals surface area contributed by atoms with E-state index in [2.05, 4.69) is 21.4 Å². The quantitative estimate of drug-likeness (QED) is 0.477. The Kier molecular flexibility index (Phi) is 5.96. The lowest BCUT2D eigenvalue weighted by molar-refractivity contribution is -0.120. The molecule has 170 valence electrons. The van der Waals surface area contributed by atoms with Crippen molar-refractivity contribution in [1.82, 2.24) is 24.6 Å². The summed E-state index contributed by atoms with van der Waals surface area (Å²) in [5, 5.41) is 10.2. The monoisotopic (exact) mass is 443 g/mol. The fourth-order valence-electron chi connectivity index (χ4n) is 4.81. The van der Waals surface area contributed by atoms with Crippen LogP contribution < -0.4 is 10.9 Å². The topological polar surface area (TPSA) is 72.2 Å². The summed E-state index contributed by atoms with van der Waals surface area (Å²) in [6, 6.07) is 15.6. The van der Waals surface area contributed by atoms with Crippen molar-refractivity contribution in [3.63, 3.8) is 0 Å². The Morgan fingerprint density at radius 3 is 2.45 bits per heavy atom. The van der Waals surface area contributed by atoms with Crippen LogP contribution in [-0.2, 0) is 31.4 Å². The molecule has 0 radical (unpaired) electrons. The fourth-order valence-corrected chi connectivity index (χ4v) is 4.81. The van der Waals surface area contributed by atoms with Crippen molar-refractivity contribution in [2.45, 2.75) is 32.4 Å². The van der Waals surface area contributed by atoms with Gasteiger partial charge in [-0.25, -0.2) is 4.68 Å². The lowest BCUT2D eigenvalue weighted by atomic mass is 10.1. The van der Waals surface area contributed by atoms with Crippen molar-refractivity contribution in [1.29, 1.82) is 0 Å². The van der Waals surface area contributed by atoms with Gasteiger partial charge >= 0.3 is 0 Å². The highest BCUT2D eigenvalue weighted by molar-refractivity contribution is 5.89. The smallest absolute Gasteiger partial charge is 0.274 e. The van der Waals surface area contributed by atoms with Gasteiger partial charge in [0.2, 0.25) is 5.91 Å². The Labute approximate surface area is 192 Å². The summed E-state index contributed by atoms with van der Waals surface area (Å²) in [7, 11) is 1.99. The van der Waals surface area contributed by atoms with Crippen molar-refractivity contribution in [2.75, 3.05) is 19.6 Å². The minimum atomic E-state index is -0.0735. The highest BCUT2D eigenvalue weighted by Crippen LogP contribution is 2.21. The molecule has 33 heavy (non-hydrogen) atoms. The third-order valence-corrected chi connectivity index (χ3v) is 6.55. The lowest BCUT2D eigenvalue weighted by Gasteiger charge is -2.16. The lowest BCUT2D eigenvalue weighted by Crippen LogP contribution is -2.33. The van der Waals surface area contributed by atoms with Crippen LogP contribution in [0.1, 0.15) is 24.1 Å². The molecule has 4 aromatic rings. The summed E-state index contributed by atoms with van der Waals surface area (Å²) in [4.78, 5) is 28.2. The summed E-state index contributed by atoms with van der Waals surface area (Å²) < 4.78 is 3.61. The van der Waals surface area contributed by atoms with Crippen molar-refractivity contribution >= 4 is 27.6 Å². The molecule has 1 saturated heterocycles. The molecule has 0 unspecified atom stereocenters. The maximum absolute atomic E-state index is 13.0. The molecule has 1 aliphatic heterocycles. The number of carbonyl (C=O) groups excluding carboxylic acids is 1. The Morgan fingerprint density at radius 2 is 1.67 bits per heavy atom. The van der Waals surface area contributed by atoms with E-state index in [-0.39, 0.29) is 18.0 Å². The number of hydrogen-bond donors (Lipinski definition) is 1. The van der Waals surface area contributed by atoms with E-state index in [0.29, 0.717) is 18.4 Å².